The van der Waals surface area contributed by atoms with Crippen LogP contribution in [0.5, 0.6) is 0 Å². The van der Waals surface area contributed by atoms with Gasteiger partial charge >= 0.3 is 0 Å². The third-order valence-electron chi connectivity index (χ3n) is 4.13. The summed E-state index contributed by atoms with van der Waals surface area (Å²) >= 11 is 3.73. The van der Waals surface area contributed by atoms with Gasteiger partial charge < -0.3 is 10.2 Å². The van der Waals surface area contributed by atoms with E-state index >= 15 is 0 Å². The molecule has 0 radical (unpaired) electrons. The van der Waals surface area contributed by atoms with Crippen LogP contribution in [0.4, 0.5) is 5.69 Å². The Kier molecular flexibility index (Phi) is 7.04. The highest BCUT2D eigenvalue weighted by Gasteiger charge is 2.15. The van der Waals surface area contributed by atoms with Gasteiger partial charge in [-0.05, 0) is 50.4 Å². The molecule has 3 heteroatoms. The second kappa shape index (κ2) is 8.04. The van der Waals surface area contributed by atoms with Crippen LogP contribution >= 0.6 is 15.9 Å². The standard InChI is InChI=1S/C17H29BrN2/c1-7-10-19-13(4)16-9-8-15(11-17(16)18)20(6)14(5)12(2)3/h8-9,11-14,19H,7,10H2,1-6H3. The molecule has 114 valence electrons. The maximum atomic E-state index is 3.73. The second-order valence-electron chi connectivity index (χ2n) is 5.98. The molecule has 0 aliphatic heterocycles. The number of halogens is 1. The van der Waals surface area contributed by atoms with Crippen LogP contribution in [0, 0.1) is 5.92 Å². The molecule has 1 aromatic rings. The Bertz CT molecular complexity index is 417. The summed E-state index contributed by atoms with van der Waals surface area (Å²) in [6.45, 7) is 12.3. The molecule has 0 heterocycles. The summed E-state index contributed by atoms with van der Waals surface area (Å²) in [5.74, 6) is 0.642. The molecule has 0 fully saturated rings. The van der Waals surface area contributed by atoms with E-state index in [-0.39, 0.29) is 0 Å². The fraction of sp³-hybridized carbons (Fsp3) is 0.647. The van der Waals surface area contributed by atoms with Gasteiger partial charge in [-0.25, -0.2) is 0 Å². The van der Waals surface area contributed by atoms with Crippen LogP contribution in [0.25, 0.3) is 0 Å². The highest BCUT2D eigenvalue weighted by atomic mass is 79.9. The number of hydrogen-bond acceptors (Lipinski definition) is 2. The van der Waals surface area contributed by atoms with Gasteiger partial charge in [-0.2, -0.15) is 0 Å². The van der Waals surface area contributed by atoms with Crippen molar-refractivity contribution in [3.63, 3.8) is 0 Å². The lowest BCUT2D eigenvalue weighted by molar-refractivity contribution is 0.505. The number of nitrogens with one attached hydrogen (secondary N) is 1. The lowest BCUT2D eigenvalue weighted by Gasteiger charge is -2.30. The van der Waals surface area contributed by atoms with Crippen molar-refractivity contribution in [3.8, 4) is 0 Å². The van der Waals surface area contributed by atoms with E-state index in [1.807, 2.05) is 0 Å². The van der Waals surface area contributed by atoms with Crippen LogP contribution in [0.3, 0.4) is 0 Å². The molecule has 0 spiro atoms. The van der Waals surface area contributed by atoms with Gasteiger partial charge in [0.15, 0.2) is 0 Å². The summed E-state index contributed by atoms with van der Waals surface area (Å²) in [6.07, 6.45) is 1.16. The van der Waals surface area contributed by atoms with Crippen molar-refractivity contribution in [2.75, 3.05) is 18.5 Å². The molecule has 20 heavy (non-hydrogen) atoms. The average Bonchev–Trinajstić information content (AvgIpc) is 2.42. The molecule has 2 atom stereocenters. The Morgan fingerprint density at radius 1 is 1.20 bits per heavy atom. The predicted molar refractivity (Wildman–Crippen MR) is 93.6 cm³/mol. The molecule has 0 saturated carbocycles. The zero-order chi connectivity index (χ0) is 15.3. The maximum absolute atomic E-state index is 3.73. The molecule has 0 saturated heterocycles. The Hall–Kier alpha value is -0.540. The molecule has 1 N–H and O–H groups in total. The summed E-state index contributed by atoms with van der Waals surface area (Å²) in [5.41, 5.74) is 2.59. The molecule has 0 aliphatic rings. The van der Waals surface area contributed by atoms with Gasteiger partial charge in [0, 0.05) is 29.3 Å². The fourth-order valence-electron chi connectivity index (χ4n) is 2.24. The molecule has 1 rings (SSSR count). The monoisotopic (exact) mass is 340 g/mol. The molecule has 2 nitrogen and oxygen atoms in total. The minimum absolute atomic E-state index is 0.381. The quantitative estimate of drug-likeness (QED) is 0.752. The van der Waals surface area contributed by atoms with E-state index in [2.05, 4.69) is 86.0 Å². The van der Waals surface area contributed by atoms with E-state index in [1.165, 1.54) is 15.7 Å². The van der Waals surface area contributed by atoms with Crippen LogP contribution in [-0.4, -0.2) is 19.6 Å². The Morgan fingerprint density at radius 3 is 2.35 bits per heavy atom. The summed E-state index contributed by atoms with van der Waals surface area (Å²) in [7, 11) is 2.17. The molecule has 0 aliphatic carbocycles. The molecule has 0 bridgehead atoms. The number of nitrogens with zero attached hydrogens (tertiary/aromatic N) is 1. The van der Waals surface area contributed by atoms with E-state index in [0.717, 1.165) is 13.0 Å². The van der Waals surface area contributed by atoms with Crippen molar-refractivity contribution in [1.29, 1.82) is 0 Å². The number of anilines is 1. The first-order valence-electron chi connectivity index (χ1n) is 7.64. The van der Waals surface area contributed by atoms with Crippen molar-refractivity contribution in [1.82, 2.24) is 5.32 Å². The van der Waals surface area contributed by atoms with Gasteiger partial charge in [-0.3, -0.25) is 0 Å². The third kappa shape index (κ3) is 4.49. The first-order chi connectivity index (χ1) is 9.38. The van der Waals surface area contributed by atoms with E-state index in [9.17, 15) is 0 Å². The predicted octanol–water partition coefficient (Wildman–Crippen LogP) is 4.99. The smallest absolute Gasteiger partial charge is 0.0377 e. The van der Waals surface area contributed by atoms with Crippen molar-refractivity contribution in [3.05, 3.63) is 28.2 Å². The first kappa shape index (κ1) is 17.5. The van der Waals surface area contributed by atoms with Crippen molar-refractivity contribution >= 4 is 21.6 Å². The largest absolute Gasteiger partial charge is 0.372 e. The second-order valence-corrected chi connectivity index (χ2v) is 6.83. The minimum atomic E-state index is 0.381. The molecule has 1 aromatic carbocycles. The van der Waals surface area contributed by atoms with Gasteiger partial charge in [0.1, 0.15) is 0 Å². The van der Waals surface area contributed by atoms with Crippen LogP contribution < -0.4 is 10.2 Å². The molecular weight excluding hydrogens is 312 g/mol. The van der Waals surface area contributed by atoms with Crippen molar-refractivity contribution < 1.29 is 0 Å². The van der Waals surface area contributed by atoms with Gasteiger partial charge in [-0.15, -0.1) is 0 Å². The summed E-state index contributed by atoms with van der Waals surface area (Å²) < 4.78 is 1.19. The summed E-state index contributed by atoms with van der Waals surface area (Å²) in [5, 5.41) is 3.54. The third-order valence-corrected chi connectivity index (χ3v) is 4.82. The zero-order valence-electron chi connectivity index (χ0n) is 13.7. The molecule has 0 amide bonds. The van der Waals surface area contributed by atoms with Crippen molar-refractivity contribution in [2.24, 2.45) is 5.92 Å². The van der Waals surface area contributed by atoms with E-state index < -0.39 is 0 Å². The Morgan fingerprint density at radius 2 is 1.85 bits per heavy atom. The molecular formula is C17H29BrN2. The van der Waals surface area contributed by atoms with Crippen LogP contribution in [0.15, 0.2) is 22.7 Å². The number of hydrogen-bond donors (Lipinski definition) is 1. The van der Waals surface area contributed by atoms with Gasteiger partial charge in [0.2, 0.25) is 0 Å². The normalized spacial score (nSPS) is 14.4. The fourth-order valence-corrected chi connectivity index (χ4v) is 2.95. The number of benzene rings is 1. The highest BCUT2D eigenvalue weighted by molar-refractivity contribution is 9.10. The van der Waals surface area contributed by atoms with Crippen molar-refractivity contribution in [2.45, 2.75) is 53.1 Å². The van der Waals surface area contributed by atoms with E-state index in [4.69, 9.17) is 0 Å². The van der Waals surface area contributed by atoms with Gasteiger partial charge in [-0.1, -0.05) is 42.8 Å². The van der Waals surface area contributed by atoms with Crippen LogP contribution in [-0.2, 0) is 0 Å². The van der Waals surface area contributed by atoms with Crippen LogP contribution in [0.2, 0.25) is 0 Å². The number of rotatable bonds is 7. The van der Waals surface area contributed by atoms with Gasteiger partial charge in [0.25, 0.3) is 0 Å². The Balaban J connectivity index is 2.87. The first-order valence-corrected chi connectivity index (χ1v) is 8.43. The van der Waals surface area contributed by atoms with Crippen LogP contribution in [0.1, 0.15) is 52.6 Å². The lowest BCUT2D eigenvalue weighted by Crippen LogP contribution is -2.33. The van der Waals surface area contributed by atoms with E-state index in [0.29, 0.717) is 18.0 Å². The summed E-state index contributed by atoms with van der Waals surface area (Å²) in [6, 6.07) is 7.60. The Labute approximate surface area is 133 Å². The zero-order valence-corrected chi connectivity index (χ0v) is 15.3. The SMILES string of the molecule is CCCNC(C)c1ccc(N(C)C(C)C(C)C)cc1Br. The highest BCUT2D eigenvalue weighted by Crippen LogP contribution is 2.29. The minimum Gasteiger partial charge on any atom is -0.372 e. The van der Waals surface area contributed by atoms with Gasteiger partial charge in [0.05, 0.1) is 0 Å². The van der Waals surface area contributed by atoms with E-state index in [1.54, 1.807) is 0 Å². The average molecular weight is 341 g/mol. The lowest BCUT2D eigenvalue weighted by atomic mass is 10.0. The topological polar surface area (TPSA) is 15.3 Å². The summed E-state index contributed by atoms with van der Waals surface area (Å²) in [4.78, 5) is 2.35. The molecule has 0 aromatic heterocycles. The molecule has 2 unspecified atom stereocenters. The maximum Gasteiger partial charge on any atom is 0.0377 e.